The van der Waals surface area contributed by atoms with Gasteiger partial charge in [0.1, 0.15) is 30.5 Å². The minimum atomic E-state index is -0.0909. The van der Waals surface area contributed by atoms with E-state index < -0.39 is 0 Å². The van der Waals surface area contributed by atoms with Crippen LogP contribution in [0.15, 0.2) is 24.3 Å². The number of ketones is 1. The van der Waals surface area contributed by atoms with Crippen LogP contribution in [0.1, 0.15) is 67.8 Å². The lowest BCUT2D eigenvalue weighted by Crippen LogP contribution is -2.33. The van der Waals surface area contributed by atoms with Crippen LogP contribution in [0, 0.1) is 0 Å². The fourth-order valence-electron chi connectivity index (χ4n) is 5.75. The van der Waals surface area contributed by atoms with Crippen LogP contribution in [-0.4, -0.2) is 74.7 Å². The predicted octanol–water partition coefficient (Wildman–Crippen LogP) is 5.00. The van der Waals surface area contributed by atoms with Crippen molar-refractivity contribution in [3.63, 3.8) is 0 Å². The summed E-state index contributed by atoms with van der Waals surface area (Å²) in [6, 6.07) is 7.56. The predicted molar refractivity (Wildman–Crippen MR) is 147 cm³/mol. The molecule has 0 amide bonds. The molecule has 200 valence electrons. The fourth-order valence-corrected chi connectivity index (χ4v) is 5.75. The number of rotatable bonds is 11. The molecule has 5 rings (SSSR count). The number of nitrogens with two attached hydrogens (primary N) is 1. The Kier molecular flexibility index (Phi) is 8.52. The molecule has 2 fully saturated rings. The number of ether oxygens (including phenoxy) is 3. The summed E-state index contributed by atoms with van der Waals surface area (Å²) in [5, 5.41) is 0. The zero-order chi connectivity index (χ0) is 25.6. The quantitative estimate of drug-likeness (QED) is 0.366. The van der Waals surface area contributed by atoms with Gasteiger partial charge in [-0.1, -0.05) is 31.9 Å². The molecule has 0 unspecified atom stereocenters. The van der Waals surface area contributed by atoms with Crippen LogP contribution in [0.3, 0.4) is 0 Å². The summed E-state index contributed by atoms with van der Waals surface area (Å²) in [6.45, 7) is 9.95. The van der Waals surface area contributed by atoms with Crippen LogP contribution >= 0.6 is 0 Å². The van der Waals surface area contributed by atoms with Crippen LogP contribution in [0.5, 0.6) is 17.2 Å². The molecular weight excluding hydrogens is 466 g/mol. The number of anilines is 1. The maximum absolute atomic E-state index is 13.6. The number of carbonyl (C=O) groups is 1. The van der Waals surface area contributed by atoms with E-state index in [2.05, 4.69) is 16.7 Å². The third-order valence-corrected chi connectivity index (χ3v) is 7.73. The van der Waals surface area contributed by atoms with Crippen LogP contribution in [0.4, 0.5) is 5.69 Å². The number of fused-ring (bicyclic) bond motifs is 3. The maximum Gasteiger partial charge on any atom is 0.196 e. The third kappa shape index (κ3) is 5.73. The first-order valence-corrected chi connectivity index (χ1v) is 14.1. The van der Waals surface area contributed by atoms with Crippen LogP contribution in [0.25, 0.3) is 11.1 Å². The van der Waals surface area contributed by atoms with E-state index in [1.807, 2.05) is 24.3 Å². The van der Waals surface area contributed by atoms with Gasteiger partial charge < -0.3 is 19.9 Å². The molecule has 7 heteroatoms. The van der Waals surface area contributed by atoms with E-state index in [9.17, 15) is 4.79 Å². The Morgan fingerprint density at radius 1 is 0.730 bits per heavy atom. The Morgan fingerprint density at radius 3 is 1.95 bits per heavy atom. The topological polar surface area (TPSA) is 77.3 Å². The summed E-state index contributed by atoms with van der Waals surface area (Å²) in [6.07, 6.45) is 8.47. The lowest BCUT2D eigenvalue weighted by atomic mass is 10.0. The number of nitrogen functional groups attached to an aromatic ring is 1. The number of nitrogens with zero attached hydrogens (tertiary/aromatic N) is 2. The van der Waals surface area contributed by atoms with Crippen molar-refractivity contribution in [3.05, 3.63) is 35.4 Å². The van der Waals surface area contributed by atoms with Gasteiger partial charge in [0.15, 0.2) is 5.78 Å². The van der Waals surface area contributed by atoms with E-state index >= 15 is 0 Å². The summed E-state index contributed by atoms with van der Waals surface area (Å²) in [5.41, 5.74) is 9.61. The van der Waals surface area contributed by atoms with Gasteiger partial charge in [0, 0.05) is 35.8 Å². The van der Waals surface area contributed by atoms with E-state index in [0.717, 1.165) is 56.8 Å². The molecule has 2 aliphatic heterocycles. The monoisotopic (exact) mass is 507 g/mol. The second-order valence-electron chi connectivity index (χ2n) is 10.4. The highest BCUT2D eigenvalue weighted by atomic mass is 16.5. The first-order chi connectivity index (χ1) is 18.2. The van der Waals surface area contributed by atoms with Gasteiger partial charge in [0.2, 0.25) is 0 Å². The van der Waals surface area contributed by atoms with Gasteiger partial charge in [-0.3, -0.25) is 14.6 Å². The highest BCUT2D eigenvalue weighted by Crippen LogP contribution is 2.52. The van der Waals surface area contributed by atoms with Gasteiger partial charge in [-0.2, -0.15) is 0 Å². The lowest BCUT2D eigenvalue weighted by Gasteiger charge is -2.26. The molecule has 1 aliphatic carbocycles. The van der Waals surface area contributed by atoms with E-state index in [1.165, 1.54) is 38.5 Å². The Labute approximate surface area is 220 Å². The largest absolute Gasteiger partial charge is 0.493 e. The van der Waals surface area contributed by atoms with Gasteiger partial charge >= 0.3 is 0 Å². The van der Waals surface area contributed by atoms with Gasteiger partial charge in [0.25, 0.3) is 0 Å². The summed E-state index contributed by atoms with van der Waals surface area (Å²) in [4.78, 5) is 18.5. The van der Waals surface area contributed by atoms with E-state index in [1.54, 1.807) is 0 Å². The van der Waals surface area contributed by atoms with E-state index in [-0.39, 0.29) is 5.78 Å². The zero-order valence-electron chi connectivity index (χ0n) is 22.2. The highest BCUT2D eigenvalue weighted by Gasteiger charge is 2.36. The normalized spacial score (nSPS) is 17.9. The summed E-state index contributed by atoms with van der Waals surface area (Å²) in [5.74, 6) is 1.78. The molecule has 0 radical (unpaired) electrons. The molecule has 2 heterocycles. The van der Waals surface area contributed by atoms with Crippen molar-refractivity contribution < 1.29 is 19.0 Å². The van der Waals surface area contributed by atoms with Crippen LogP contribution in [-0.2, 0) is 0 Å². The van der Waals surface area contributed by atoms with E-state index in [0.29, 0.717) is 53.9 Å². The molecule has 2 saturated heterocycles. The molecule has 0 aromatic heterocycles. The Bertz CT molecular complexity index is 1090. The number of piperidine rings is 2. The van der Waals surface area contributed by atoms with Crippen LogP contribution < -0.4 is 19.9 Å². The van der Waals surface area contributed by atoms with Crippen LogP contribution in [0.2, 0.25) is 0 Å². The molecule has 7 nitrogen and oxygen atoms in total. The van der Waals surface area contributed by atoms with Gasteiger partial charge in [-0.25, -0.2) is 0 Å². The summed E-state index contributed by atoms with van der Waals surface area (Å²) in [7, 11) is 0. The Balaban J connectivity index is 1.39. The van der Waals surface area contributed by atoms with Crippen molar-refractivity contribution in [3.8, 4) is 28.4 Å². The van der Waals surface area contributed by atoms with Gasteiger partial charge in [-0.05, 0) is 64.3 Å². The van der Waals surface area contributed by atoms with Crippen molar-refractivity contribution in [2.75, 3.05) is 64.8 Å². The summed E-state index contributed by atoms with van der Waals surface area (Å²) < 4.78 is 18.6. The average molecular weight is 508 g/mol. The second-order valence-corrected chi connectivity index (χ2v) is 10.4. The Morgan fingerprint density at radius 2 is 1.32 bits per heavy atom. The van der Waals surface area contributed by atoms with Crippen molar-refractivity contribution in [1.29, 1.82) is 0 Å². The van der Waals surface area contributed by atoms with Crippen molar-refractivity contribution in [1.82, 2.24) is 9.80 Å². The standard InChI is InChI=1S/C30H41N3O4/c1-2-18-35-24-21-25(37-20-17-33-14-7-4-8-15-33)29(31)28-27(24)26-22(30(28)34)10-9-11-23(26)36-19-16-32-12-5-3-6-13-32/h9-11,21H,2-8,12-20,31H2,1H3. The molecular formula is C30H41N3O4. The highest BCUT2D eigenvalue weighted by molar-refractivity contribution is 6.26. The average Bonchev–Trinajstić information content (AvgIpc) is 3.24. The number of hydrogen-bond acceptors (Lipinski definition) is 7. The molecule has 2 N–H and O–H groups in total. The minimum absolute atomic E-state index is 0.0909. The van der Waals surface area contributed by atoms with E-state index in [4.69, 9.17) is 19.9 Å². The molecule has 37 heavy (non-hydrogen) atoms. The third-order valence-electron chi connectivity index (χ3n) is 7.73. The fraction of sp³-hybridized carbons (Fsp3) is 0.567. The smallest absolute Gasteiger partial charge is 0.196 e. The lowest BCUT2D eigenvalue weighted by molar-refractivity contribution is 0.104. The first-order valence-electron chi connectivity index (χ1n) is 14.1. The number of hydrogen-bond donors (Lipinski definition) is 1. The molecule has 2 aromatic carbocycles. The SMILES string of the molecule is CCCOc1cc(OCCN2CCCCC2)c(N)c2c1-c1c(OCCN3CCCCC3)cccc1C2=O. The number of benzene rings is 2. The molecule has 0 spiro atoms. The molecule has 0 bridgehead atoms. The van der Waals surface area contributed by atoms with Crippen molar-refractivity contribution in [2.24, 2.45) is 0 Å². The molecule has 0 atom stereocenters. The minimum Gasteiger partial charge on any atom is -0.493 e. The van der Waals surface area contributed by atoms with Gasteiger partial charge in [0.05, 0.1) is 17.9 Å². The zero-order valence-corrected chi connectivity index (χ0v) is 22.2. The van der Waals surface area contributed by atoms with Crippen molar-refractivity contribution >= 4 is 11.5 Å². The molecule has 0 saturated carbocycles. The Hall–Kier alpha value is -2.77. The summed E-state index contributed by atoms with van der Waals surface area (Å²) >= 11 is 0. The first kappa shape index (κ1) is 25.9. The van der Waals surface area contributed by atoms with Crippen molar-refractivity contribution in [2.45, 2.75) is 51.9 Å². The van der Waals surface area contributed by atoms with Gasteiger partial charge in [-0.15, -0.1) is 0 Å². The second kappa shape index (κ2) is 12.2. The number of likely N-dealkylation sites (tertiary alicyclic amines) is 2. The number of carbonyl (C=O) groups excluding carboxylic acids is 1. The molecule has 2 aromatic rings. The molecule has 3 aliphatic rings. The maximum atomic E-state index is 13.6.